The van der Waals surface area contributed by atoms with Gasteiger partial charge in [0, 0.05) is 18.1 Å². The number of carbonyl (C=O) groups is 1. The Morgan fingerprint density at radius 2 is 2.57 bits per heavy atom. The van der Waals surface area contributed by atoms with Crippen LogP contribution in [0.25, 0.3) is 0 Å². The van der Waals surface area contributed by atoms with Gasteiger partial charge in [-0.2, -0.15) is 0 Å². The van der Waals surface area contributed by atoms with Gasteiger partial charge in [-0.1, -0.05) is 0 Å². The van der Waals surface area contributed by atoms with Gasteiger partial charge in [-0.15, -0.1) is 11.6 Å². The van der Waals surface area contributed by atoms with E-state index < -0.39 is 0 Å². The van der Waals surface area contributed by atoms with Crippen LogP contribution in [0.1, 0.15) is 0 Å². The highest BCUT2D eigenvalue weighted by atomic mass is 35.5. The fourth-order valence-electron chi connectivity index (χ4n) is 1.11. The van der Waals surface area contributed by atoms with Crippen molar-refractivity contribution in [1.82, 2.24) is 14.3 Å². The first-order chi connectivity index (χ1) is 6.79. The molecule has 0 aliphatic carbocycles. The van der Waals surface area contributed by atoms with Crippen LogP contribution in [0.2, 0.25) is 0 Å². The summed E-state index contributed by atoms with van der Waals surface area (Å²) >= 11 is 6.85. The largest absolute Gasteiger partial charge is 0.325 e. The third kappa shape index (κ3) is 1.88. The molecule has 0 aromatic heterocycles. The average molecular weight is 230 g/mol. The molecule has 0 saturated heterocycles. The number of hydrogen-bond acceptors (Lipinski definition) is 4. The summed E-state index contributed by atoms with van der Waals surface area (Å²) in [6.45, 7) is 0. The van der Waals surface area contributed by atoms with Crippen molar-refractivity contribution in [3.05, 3.63) is 35.9 Å². The van der Waals surface area contributed by atoms with E-state index in [0.29, 0.717) is 0 Å². The highest BCUT2D eigenvalue weighted by molar-refractivity contribution is 7.95. The predicted octanol–water partition coefficient (Wildman–Crippen LogP) is 1.06. The molecular weight excluding hydrogens is 222 g/mol. The molecule has 4 nitrogen and oxygen atoms in total. The molecule has 74 valence electrons. The van der Waals surface area contributed by atoms with E-state index in [4.69, 9.17) is 11.6 Å². The lowest BCUT2D eigenvalue weighted by Gasteiger charge is -2.17. The Balaban J connectivity index is 2.07. The Morgan fingerprint density at radius 3 is 3.36 bits per heavy atom. The van der Waals surface area contributed by atoms with Crippen LogP contribution in [0, 0.1) is 0 Å². The molecule has 14 heavy (non-hydrogen) atoms. The van der Waals surface area contributed by atoms with E-state index in [1.54, 1.807) is 0 Å². The van der Waals surface area contributed by atoms with Gasteiger partial charge in [0.1, 0.15) is 5.88 Å². The first kappa shape index (κ1) is 9.48. The van der Waals surface area contributed by atoms with E-state index in [-0.39, 0.29) is 11.8 Å². The molecular formula is C8H8ClN3OS. The predicted molar refractivity (Wildman–Crippen MR) is 56.7 cm³/mol. The molecule has 0 aromatic rings. The van der Waals surface area contributed by atoms with Crippen molar-refractivity contribution in [3.8, 4) is 0 Å². The van der Waals surface area contributed by atoms with Crippen LogP contribution in [0.3, 0.4) is 0 Å². The first-order valence-electron chi connectivity index (χ1n) is 3.97. The summed E-state index contributed by atoms with van der Waals surface area (Å²) in [7, 11) is 0. The van der Waals surface area contributed by atoms with Crippen molar-refractivity contribution in [3.63, 3.8) is 0 Å². The van der Waals surface area contributed by atoms with Crippen molar-refractivity contribution in [1.29, 1.82) is 0 Å². The van der Waals surface area contributed by atoms with Gasteiger partial charge in [0.25, 0.3) is 0 Å². The van der Waals surface area contributed by atoms with Gasteiger partial charge in [-0.05, 0) is 12.2 Å². The van der Waals surface area contributed by atoms with Gasteiger partial charge in [0.15, 0.2) is 0 Å². The fourth-order valence-corrected chi connectivity index (χ4v) is 1.80. The summed E-state index contributed by atoms with van der Waals surface area (Å²) in [4.78, 5) is 11.0. The molecule has 2 rings (SSSR count). The Kier molecular flexibility index (Phi) is 2.69. The Bertz CT molecular complexity index is 350. The number of hydrogen-bond donors (Lipinski definition) is 2. The number of carbonyl (C=O) groups excluding carboxylic acids is 1. The second kappa shape index (κ2) is 3.98. The molecule has 2 N–H and O–H groups in total. The molecule has 6 heteroatoms. The number of rotatable bonds is 2. The van der Waals surface area contributed by atoms with E-state index >= 15 is 0 Å². The molecule has 2 heterocycles. The topological polar surface area (TPSA) is 44.4 Å². The van der Waals surface area contributed by atoms with Crippen LogP contribution in [-0.4, -0.2) is 16.1 Å². The summed E-state index contributed by atoms with van der Waals surface area (Å²) in [5.74, 6) is -0.226. The number of nitrogens with one attached hydrogen (secondary N) is 2. The lowest BCUT2D eigenvalue weighted by Crippen LogP contribution is -2.24. The number of fused-ring (bicyclic) bond motifs is 1. The highest BCUT2D eigenvalue weighted by Gasteiger charge is 2.16. The average Bonchev–Trinajstić information content (AvgIpc) is 2.64. The van der Waals surface area contributed by atoms with Gasteiger partial charge < -0.3 is 10.0 Å². The van der Waals surface area contributed by atoms with Crippen LogP contribution in [0.15, 0.2) is 35.9 Å². The number of amides is 1. The zero-order chi connectivity index (χ0) is 9.97. The van der Waals surface area contributed by atoms with Crippen molar-refractivity contribution in [2.24, 2.45) is 0 Å². The van der Waals surface area contributed by atoms with Crippen molar-refractivity contribution in [2.45, 2.75) is 0 Å². The number of nitrogens with zero attached hydrogens (tertiary/aromatic N) is 1. The molecule has 1 amide bonds. The van der Waals surface area contributed by atoms with Gasteiger partial charge in [-0.3, -0.25) is 9.10 Å². The van der Waals surface area contributed by atoms with E-state index in [9.17, 15) is 4.79 Å². The van der Waals surface area contributed by atoms with Crippen LogP contribution in [0.4, 0.5) is 0 Å². The number of halogens is 1. The SMILES string of the molecule is O=C(CCl)NC1=CC2=CNSN2C=C1. The Hall–Kier alpha value is -1.07. The third-order valence-electron chi connectivity index (χ3n) is 1.71. The van der Waals surface area contributed by atoms with Crippen molar-refractivity contribution < 1.29 is 4.79 Å². The lowest BCUT2D eigenvalue weighted by atomic mass is 10.2. The van der Waals surface area contributed by atoms with E-state index in [2.05, 4.69) is 10.0 Å². The normalized spacial score (nSPS) is 18.2. The van der Waals surface area contributed by atoms with Crippen molar-refractivity contribution in [2.75, 3.05) is 5.88 Å². The summed E-state index contributed by atoms with van der Waals surface area (Å²) in [6, 6.07) is 0. The summed E-state index contributed by atoms with van der Waals surface area (Å²) < 4.78 is 4.95. The van der Waals surface area contributed by atoms with Crippen LogP contribution >= 0.6 is 23.7 Å². The summed E-state index contributed by atoms with van der Waals surface area (Å²) in [5.41, 5.74) is 1.75. The first-order valence-corrected chi connectivity index (χ1v) is 5.28. The summed E-state index contributed by atoms with van der Waals surface area (Å²) in [6.07, 6.45) is 7.43. The molecule has 0 unspecified atom stereocenters. The molecule has 0 atom stereocenters. The molecule has 0 bridgehead atoms. The van der Waals surface area contributed by atoms with E-state index in [1.165, 1.54) is 12.1 Å². The summed E-state index contributed by atoms with van der Waals surface area (Å²) in [5, 5.41) is 2.68. The van der Waals surface area contributed by atoms with Gasteiger partial charge in [0.05, 0.1) is 17.8 Å². The maximum atomic E-state index is 11.0. The fraction of sp³-hybridized carbons (Fsp3) is 0.125. The molecule has 0 fully saturated rings. The quantitative estimate of drug-likeness (QED) is 0.549. The minimum absolute atomic E-state index is 0.0268. The van der Waals surface area contributed by atoms with E-state index in [1.807, 2.05) is 28.9 Å². The number of alkyl halides is 1. The highest BCUT2D eigenvalue weighted by Crippen LogP contribution is 2.26. The maximum absolute atomic E-state index is 11.0. The smallest absolute Gasteiger partial charge is 0.239 e. The number of allylic oxidation sites excluding steroid dienone is 2. The molecule has 0 spiro atoms. The second-order valence-corrected chi connectivity index (χ2v) is 3.78. The third-order valence-corrected chi connectivity index (χ3v) is 2.71. The monoisotopic (exact) mass is 229 g/mol. The standard InChI is InChI=1S/C8H8ClN3OS/c9-4-8(13)11-6-1-2-12-7(3-6)5-10-14-12/h1-3,5,10H,4H2,(H,11,13). The zero-order valence-electron chi connectivity index (χ0n) is 7.16. The zero-order valence-corrected chi connectivity index (χ0v) is 8.73. The Morgan fingerprint density at radius 1 is 1.71 bits per heavy atom. The van der Waals surface area contributed by atoms with Crippen LogP contribution in [0.5, 0.6) is 0 Å². The second-order valence-electron chi connectivity index (χ2n) is 2.70. The lowest BCUT2D eigenvalue weighted by molar-refractivity contribution is -0.117. The molecule has 2 aliphatic rings. The van der Waals surface area contributed by atoms with Gasteiger partial charge in [-0.25, -0.2) is 0 Å². The molecule has 0 radical (unpaired) electrons. The maximum Gasteiger partial charge on any atom is 0.239 e. The molecule has 0 saturated carbocycles. The van der Waals surface area contributed by atoms with Gasteiger partial charge in [0.2, 0.25) is 5.91 Å². The minimum atomic E-state index is -0.199. The minimum Gasteiger partial charge on any atom is -0.325 e. The molecule has 0 aromatic carbocycles. The van der Waals surface area contributed by atoms with Crippen LogP contribution in [-0.2, 0) is 4.79 Å². The Labute approximate surface area is 90.9 Å². The van der Waals surface area contributed by atoms with Crippen molar-refractivity contribution >= 4 is 29.6 Å². The molecule has 2 aliphatic heterocycles. The van der Waals surface area contributed by atoms with E-state index in [0.717, 1.165) is 11.4 Å². The van der Waals surface area contributed by atoms with Gasteiger partial charge >= 0.3 is 0 Å². The van der Waals surface area contributed by atoms with Crippen LogP contribution < -0.4 is 10.0 Å².